The SMILES string of the molecule is CC1=CC(C(N)N)C=C(/C=C/c2ccc(N(C)C)cc2)O1. The van der Waals surface area contributed by atoms with Crippen LogP contribution >= 0.6 is 0 Å². The lowest BCUT2D eigenvalue weighted by Crippen LogP contribution is -2.37. The van der Waals surface area contributed by atoms with E-state index in [4.69, 9.17) is 16.2 Å². The predicted octanol–water partition coefficient (Wildman–Crippen LogP) is 2.44. The van der Waals surface area contributed by atoms with Gasteiger partial charge < -0.3 is 21.1 Å². The van der Waals surface area contributed by atoms with E-state index in [0.717, 1.165) is 17.1 Å². The minimum absolute atomic E-state index is 0.00881. The van der Waals surface area contributed by atoms with Crippen LogP contribution in [0.15, 0.2) is 54.0 Å². The van der Waals surface area contributed by atoms with Crippen molar-refractivity contribution in [2.45, 2.75) is 13.1 Å². The second-order valence-corrected chi connectivity index (χ2v) is 5.42. The highest BCUT2D eigenvalue weighted by Crippen LogP contribution is 2.22. The Morgan fingerprint density at radius 2 is 1.76 bits per heavy atom. The van der Waals surface area contributed by atoms with Gasteiger partial charge in [0.2, 0.25) is 0 Å². The minimum Gasteiger partial charge on any atom is -0.463 e. The van der Waals surface area contributed by atoms with Crippen LogP contribution in [0.1, 0.15) is 12.5 Å². The van der Waals surface area contributed by atoms with Crippen molar-refractivity contribution in [3.8, 4) is 0 Å². The summed E-state index contributed by atoms with van der Waals surface area (Å²) in [5.74, 6) is 1.61. The molecule has 0 fully saturated rings. The van der Waals surface area contributed by atoms with Crippen LogP contribution in [0.2, 0.25) is 0 Å². The molecule has 1 aromatic rings. The molecule has 4 nitrogen and oxygen atoms in total. The third kappa shape index (κ3) is 4.21. The number of nitrogens with zero attached hydrogens (tertiary/aromatic N) is 1. The van der Waals surface area contributed by atoms with Crippen molar-refractivity contribution in [1.29, 1.82) is 0 Å². The maximum absolute atomic E-state index is 5.75. The number of nitrogens with two attached hydrogens (primary N) is 2. The Morgan fingerprint density at radius 3 is 2.33 bits per heavy atom. The van der Waals surface area contributed by atoms with E-state index in [-0.39, 0.29) is 5.92 Å². The van der Waals surface area contributed by atoms with Crippen molar-refractivity contribution in [3.05, 3.63) is 59.6 Å². The summed E-state index contributed by atoms with van der Waals surface area (Å²) in [5.41, 5.74) is 13.8. The highest BCUT2D eigenvalue weighted by molar-refractivity contribution is 5.57. The molecule has 0 amide bonds. The number of benzene rings is 1. The molecule has 1 heterocycles. The third-order valence-electron chi connectivity index (χ3n) is 3.36. The summed E-state index contributed by atoms with van der Waals surface area (Å²) >= 11 is 0. The molecular formula is C17H23N3O. The van der Waals surface area contributed by atoms with Crippen LogP contribution in [0.25, 0.3) is 6.08 Å². The Labute approximate surface area is 126 Å². The predicted molar refractivity (Wildman–Crippen MR) is 88.4 cm³/mol. The summed E-state index contributed by atoms with van der Waals surface area (Å²) < 4.78 is 5.67. The van der Waals surface area contributed by atoms with E-state index in [9.17, 15) is 0 Å². The molecule has 2 rings (SSSR count). The van der Waals surface area contributed by atoms with Crippen molar-refractivity contribution in [3.63, 3.8) is 0 Å². The molecule has 0 radical (unpaired) electrons. The molecule has 0 bridgehead atoms. The highest BCUT2D eigenvalue weighted by atomic mass is 16.5. The number of hydrogen-bond donors (Lipinski definition) is 2. The molecule has 1 aliphatic heterocycles. The summed E-state index contributed by atoms with van der Waals surface area (Å²) in [4.78, 5) is 2.07. The Kier molecular flexibility index (Phi) is 4.83. The lowest BCUT2D eigenvalue weighted by atomic mass is 10.0. The molecule has 21 heavy (non-hydrogen) atoms. The molecule has 1 aromatic carbocycles. The first-order chi connectivity index (χ1) is 9.95. The van der Waals surface area contributed by atoms with Crippen molar-refractivity contribution in [1.82, 2.24) is 0 Å². The lowest BCUT2D eigenvalue weighted by molar-refractivity contribution is 0.300. The molecule has 0 saturated carbocycles. The first kappa shape index (κ1) is 15.4. The Hall–Kier alpha value is -2.04. The van der Waals surface area contributed by atoms with Gasteiger partial charge in [0.25, 0.3) is 0 Å². The third-order valence-corrected chi connectivity index (χ3v) is 3.36. The van der Waals surface area contributed by atoms with E-state index < -0.39 is 6.17 Å². The van der Waals surface area contributed by atoms with Crippen LogP contribution in [-0.4, -0.2) is 20.3 Å². The second-order valence-electron chi connectivity index (χ2n) is 5.42. The van der Waals surface area contributed by atoms with Gasteiger partial charge in [0.05, 0.1) is 11.9 Å². The number of allylic oxidation sites excluding steroid dienone is 2. The molecule has 4 heteroatoms. The van der Waals surface area contributed by atoms with Gasteiger partial charge in [-0.05, 0) is 42.8 Å². The van der Waals surface area contributed by atoms with Gasteiger partial charge in [-0.1, -0.05) is 18.2 Å². The van der Waals surface area contributed by atoms with E-state index >= 15 is 0 Å². The van der Waals surface area contributed by atoms with Gasteiger partial charge in [0.15, 0.2) is 0 Å². The van der Waals surface area contributed by atoms with Gasteiger partial charge in [0, 0.05) is 25.7 Å². The van der Waals surface area contributed by atoms with Crippen LogP contribution in [0, 0.1) is 5.92 Å². The average Bonchev–Trinajstić information content (AvgIpc) is 2.45. The maximum atomic E-state index is 5.75. The molecule has 0 aromatic heterocycles. The van der Waals surface area contributed by atoms with Crippen LogP contribution in [0.4, 0.5) is 5.69 Å². The molecule has 0 spiro atoms. The number of rotatable bonds is 4. The monoisotopic (exact) mass is 285 g/mol. The molecule has 4 N–H and O–H groups in total. The van der Waals surface area contributed by atoms with Crippen molar-refractivity contribution in [2.75, 3.05) is 19.0 Å². The fraction of sp³-hybridized carbons (Fsp3) is 0.294. The summed E-state index contributed by atoms with van der Waals surface area (Å²) in [6, 6.07) is 8.31. The normalized spacial score (nSPS) is 18.5. The fourth-order valence-electron chi connectivity index (χ4n) is 2.14. The van der Waals surface area contributed by atoms with Crippen LogP contribution in [-0.2, 0) is 4.74 Å². The molecule has 1 aliphatic rings. The highest BCUT2D eigenvalue weighted by Gasteiger charge is 2.15. The van der Waals surface area contributed by atoms with Gasteiger partial charge in [-0.25, -0.2) is 0 Å². The fourth-order valence-corrected chi connectivity index (χ4v) is 2.14. The zero-order valence-corrected chi connectivity index (χ0v) is 12.8. The summed E-state index contributed by atoms with van der Waals surface area (Å²) in [6.07, 6.45) is 7.43. The summed E-state index contributed by atoms with van der Waals surface area (Å²) in [5, 5.41) is 0. The lowest BCUT2D eigenvalue weighted by Gasteiger charge is -2.20. The topological polar surface area (TPSA) is 64.5 Å². The first-order valence-corrected chi connectivity index (χ1v) is 7.00. The van der Waals surface area contributed by atoms with Crippen LogP contribution in [0.5, 0.6) is 0 Å². The average molecular weight is 285 g/mol. The Bertz CT molecular complexity index is 568. The second kappa shape index (κ2) is 6.61. The minimum atomic E-state index is -0.411. The number of ether oxygens (including phenoxy) is 1. The Balaban J connectivity index is 2.10. The largest absolute Gasteiger partial charge is 0.463 e. The van der Waals surface area contributed by atoms with Gasteiger partial charge in [-0.15, -0.1) is 0 Å². The first-order valence-electron chi connectivity index (χ1n) is 7.00. The van der Waals surface area contributed by atoms with Gasteiger partial charge in [-0.3, -0.25) is 0 Å². The quantitative estimate of drug-likeness (QED) is 0.834. The van der Waals surface area contributed by atoms with E-state index in [1.165, 1.54) is 5.69 Å². The molecule has 112 valence electrons. The number of anilines is 1. The molecular weight excluding hydrogens is 262 g/mol. The molecule has 1 atom stereocenters. The van der Waals surface area contributed by atoms with Crippen molar-refractivity contribution in [2.24, 2.45) is 17.4 Å². The van der Waals surface area contributed by atoms with Crippen LogP contribution < -0.4 is 16.4 Å². The zero-order chi connectivity index (χ0) is 15.4. The van der Waals surface area contributed by atoms with Crippen LogP contribution in [0.3, 0.4) is 0 Å². The zero-order valence-electron chi connectivity index (χ0n) is 12.8. The Morgan fingerprint density at radius 1 is 1.10 bits per heavy atom. The van der Waals surface area contributed by atoms with E-state index in [0.29, 0.717) is 0 Å². The van der Waals surface area contributed by atoms with Gasteiger partial charge in [0.1, 0.15) is 5.76 Å². The maximum Gasteiger partial charge on any atom is 0.123 e. The van der Waals surface area contributed by atoms with Gasteiger partial charge >= 0.3 is 0 Å². The summed E-state index contributed by atoms with van der Waals surface area (Å²) in [7, 11) is 4.05. The summed E-state index contributed by atoms with van der Waals surface area (Å²) in [6.45, 7) is 1.90. The van der Waals surface area contributed by atoms with Crippen molar-refractivity contribution >= 4 is 11.8 Å². The standard InChI is InChI=1S/C17H23N3O/c1-12-10-14(17(18)19)11-16(21-12)9-6-13-4-7-15(8-5-13)20(2)3/h4-11,14,17H,18-19H2,1-3H3/b9-6+. The molecule has 0 aliphatic carbocycles. The van der Waals surface area contributed by atoms with E-state index in [1.54, 1.807) is 0 Å². The van der Waals surface area contributed by atoms with E-state index in [1.807, 2.05) is 45.3 Å². The van der Waals surface area contributed by atoms with Crippen molar-refractivity contribution < 1.29 is 4.74 Å². The molecule has 1 unspecified atom stereocenters. The number of hydrogen-bond acceptors (Lipinski definition) is 4. The molecule has 0 saturated heterocycles. The van der Waals surface area contributed by atoms with Gasteiger partial charge in [-0.2, -0.15) is 0 Å². The van der Waals surface area contributed by atoms with E-state index in [2.05, 4.69) is 29.2 Å². The smallest absolute Gasteiger partial charge is 0.123 e.